The molecular weight excluding hydrogens is 332 g/mol. The van der Waals surface area contributed by atoms with Crippen LogP contribution in [0.15, 0.2) is 54.7 Å². The maximum atomic E-state index is 10.8. The van der Waals surface area contributed by atoms with Crippen molar-refractivity contribution < 1.29 is 4.92 Å². The number of hydrogen-bond donors (Lipinski definition) is 2. The van der Waals surface area contributed by atoms with Crippen molar-refractivity contribution in [3.63, 3.8) is 0 Å². The van der Waals surface area contributed by atoms with E-state index in [1.165, 1.54) is 12.1 Å². The third kappa shape index (κ3) is 2.72. The lowest BCUT2D eigenvalue weighted by Crippen LogP contribution is -2.14. The molecule has 8 nitrogen and oxygen atoms in total. The first kappa shape index (κ1) is 16.0. The van der Waals surface area contributed by atoms with Gasteiger partial charge in [-0.25, -0.2) is 9.97 Å². The Kier molecular flexibility index (Phi) is 3.94. The van der Waals surface area contributed by atoms with E-state index in [1.807, 2.05) is 34.9 Å². The van der Waals surface area contributed by atoms with Crippen molar-refractivity contribution in [2.45, 2.75) is 0 Å². The molecule has 0 amide bonds. The van der Waals surface area contributed by atoms with Crippen LogP contribution in [0.2, 0.25) is 0 Å². The molecule has 3 N–H and O–H groups in total. The van der Waals surface area contributed by atoms with Crippen LogP contribution < -0.4 is 11.1 Å². The summed E-state index contributed by atoms with van der Waals surface area (Å²) in [6.45, 7) is 1.07. The molecule has 2 aromatic carbocycles. The van der Waals surface area contributed by atoms with E-state index in [4.69, 9.17) is 5.73 Å². The summed E-state index contributed by atoms with van der Waals surface area (Å²) in [5.74, 6) is 0.655. The molecule has 0 bridgehead atoms. The summed E-state index contributed by atoms with van der Waals surface area (Å²) >= 11 is 0. The Balaban J connectivity index is 1.89. The van der Waals surface area contributed by atoms with Crippen molar-refractivity contribution in [2.24, 2.45) is 5.73 Å². The van der Waals surface area contributed by atoms with Crippen molar-refractivity contribution >= 4 is 28.2 Å². The molecule has 0 unspecified atom stereocenters. The molecule has 0 saturated heterocycles. The molecule has 0 aliphatic heterocycles. The molecule has 0 atom stereocenters. The van der Waals surface area contributed by atoms with Crippen LogP contribution >= 0.6 is 0 Å². The molecule has 2 heterocycles. The zero-order valence-corrected chi connectivity index (χ0v) is 13.8. The Morgan fingerprint density at radius 1 is 1.12 bits per heavy atom. The number of para-hydroxylation sites is 2. The second-order valence-corrected chi connectivity index (χ2v) is 5.79. The Morgan fingerprint density at radius 3 is 2.62 bits per heavy atom. The van der Waals surface area contributed by atoms with Gasteiger partial charge in [0.15, 0.2) is 11.5 Å². The van der Waals surface area contributed by atoms with Gasteiger partial charge in [-0.2, -0.15) is 0 Å². The molecule has 0 aliphatic rings. The van der Waals surface area contributed by atoms with Gasteiger partial charge in [0.25, 0.3) is 5.69 Å². The number of non-ortho nitro benzene ring substituents is 1. The summed E-state index contributed by atoms with van der Waals surface area (Å²) in [5.41, 5.74) is 9.62. The molecule has 8 heteroatoms. The number of nitro benzene ring substituents is 1. The highest BCUT2D eigenvalue weighted by atomic mass is 16.6. The number of anilines is 1. The van der Waals surface area contributed by atoms with Crippen LogP contribution in [-0.4, -0.2) is 32.4 Å². The number of nitrogens with one attached hydrogen (secondary N) is 1. The minimum absolute atomic E-state index is 0.0509. The van der Waals surface area contributed by atoms with Crippen LogP contribution in [-0.2, 0) is 0 Å². The number of nitrogens with two attached hydrogens (primary N) is 1. The zero-order chi connectivity index (χ0) is 18.1. The second kappa shape index (κ2) is 6.41. The van der Waals surface area contributed by atoms with Crippen molar-refractivity contribution in [1.82, 2.24) is 14.4 Å². The minimum Gasteiger partial charge on any atom is -0.366 e. The van der Waals surface area contributed by atoms with Crippen LogP contribution in [0.1, 0.15) is 0 Å². The van der Waals surface area contributed by atoms with Crippen LogP contribution in [0.25, 0.3) is 27.9 Å². The first-order valence-electron chi connectivity index (χ1n) is 8.14. The molecule has 0 spiro atoms. The van der Waals surface area contributed by atoms with Gasteiger partial charge in [0.2, 0.25) is 0 Å². The first-order chi connectivity index (χ1) is 12.7. The molecule has 2 aromatic heterocycles. The Labute approximate surface area is 148 Å². The van der Waals surface area contributed by atoms with E-state index < -0.39 is 4.92 Å². The third-order valence-corrected chi connectivity index (χ3v) is 4.10. The topological polar surface area (TPSA) is 111 Å². The van der Waals surface area contributed by atoms with E-state index in [0.29, 0.717) is 30.2 Å². The van der Waals surface area contributed by atoms with E-state index in [1.54, 1.807) is 12.1 Å². The monoisotopic (exact) mass is 348 g/mol. The van der Waals surface area contributed by atoms with Gasteiger partial charge in [-0.15, -0.1) is 0 Å². The van der Waals surface area contributed by atoms with E-state index in [-0.39, 0.29) is 5.69 Å². The molecule has 4 rings (SSSR count). The van der Waals surface area contributed by atoms with Gasteiger partial charge in [-0.1, -0.05) is 12.1 Å². The average molecular weight is 348 g/mol. The van der Waals surface area contributed by atoms with Gasteiger partial charge in [0.1, 0.15) is 0 Å². The van der Waals surface area contributed by atoms with E-state index in [0.717, 1.165) is 16.6 Å². The Morgan fingerprint density at radius 2 is 1.88 bits per heavy atom. The Hall–Kier alpha value is -3.52. The molecule has 26 heavy (non-hydrogen) atoms. The lowest BCUT2D eigenvalue weighted by molar-refractivity contribution is -0.384. The zero-order valence-electron chi connectivity index (χ0n) is 13.8. The summed E-state index contributed by atoms with van der Waals surface area (Å²) in [4.78, 5) is 19.8. The number of benzene rings is 2. The number of fused-ring (bicyclic) bond motifs is 3. The lowest BCUT2D eigenvalue weighted by Gasteiger charge is -2.08. The van der Waals surface area contributed by atoms with Gasteiger partial charge in [0.05, 0.1) is 21.7 Å². The molecule has 0 radical (unpaired) electrons. The summed E-state index contributed by atoms with van der Waals surface area (Å²) < 4.78 is 1.97. The smallest absolute Gasteiger partial charge is 0.269 e. The molecular formula is C18H16N6O2. The van der Waals surface area contributed by atoms with Crippen LogP contribution in [0.5, 0.6) is 0 Å². The van der Waals surface area contributed by atoms with Crippen LogP contribution in [0.4, 0.5) is 11.5 Å². The minimum atomic E-state index is -0.417. The van der Waals surface area contributed by atoms with Gasteiger partial charge >= 0.3 is 0 Å². The highest BCUT2D eigenvalue weighted by Crippen LogP contribution is 2.27. The number of rotatable bonds is 5. The highest BCUT2D eigenvalue weighted by Gasteiger charge is 2.13. The van der Waals surface area contributed by atoms with Crippen LogP contribution in [0, 0.1) is 10.1 Å². The molecule has 0 aliphatic carbocycles. The summed E-state index contributed by atoms with van der Waals surface area (Å²) in [5, 5.41) is 14.0. The van der Waals surface area contributed by atoms with Gasteiger partial charge in [-0.3, -0.25) is 14.5 Å². The van der Waals surface area contributed by atoms with Crippen molar-refractivity contribution in [1.29, 1.82) is 0 Å². The number of hydrogen-bond acceptors (Lipinski definition) is 6. The molecule has 0 saturated carbocycles. The predicted molar refractivity (Wildman–Crippen MR) is 100 cm³/mol. The fourth-order valence-corrected chi connectivity index (χ4v) is 2.87. The Bertz CT molecular complexity index is 1100. The molecule has 0 fully saturated rings. The molecule has 130 valence electrons. The summed E-state index contributed by atoms with van der Waals surface area (Å²) in [7, 11) is 0. The van der Waals surface area contributed by atoms with Crippen molar-refractivity contribution in [3.8, 4) is 11.3 Å². The number of aromatic nitrogens is 3. The fraction of sp³-hybridized carbons (Fsp3) is 0.111. The normalized spacial score (nSPS) is 11.1. The predicted octanol–water partition coefficient (Wildman–Crippen LogP) is 2.83. The fourth-order valence-electron chi connectivity index (χ4n) is 2.87. The van der Waals surface area contributed by atoms with Crippen molar-refractivity contribution in [2.75, 3.05) is 18.4 Å². The maximum absolute atomic E-state index is 10.8. The van der Waals surface area contributed by atoms with Crippen molar-refractivity contribution in [3.05, 3.63) is 64.8 Å². The first-order valence-corrected chi connectivity index (χ1v) is 8.14. The lowest BCUT2D eigenvalue weighted by atomic mass is 10.1. The van der Waals surface area contributed by atoms with E-state index in [2.05, 4.69) is 15.3 Å². The number of imidazole rings is 1. The highest BCUT2D eigenvalue weighted by molar-refractivity contribution is 5.84. The van der Waals surface area contributed by atoms with Gasteiger partial charge in [-0.05, 0) is 24.3 Å². The number of nitro groups is 1. The summed E-state index contributed by atoms with van der Waals surface area (Å²) in [6.07, 6.45) is 1.91. The standard InChI is InChI=1S/C18H16N6O2/c19-9-10-20-17-18-22-15(12-5-7-13(8-6-12)24(25)26)11-23(18)16-4-2-1-3-14(16)21-17/h1-8,11H,9-10,19H2,(H,20,21). The number of nitrogens with zero attached hydrogens (tertiary/aromatic N) is 4. The largest absolute Gasteiger partial charge is 0.366 e. The van der Waals surface area contributed by atoms with E-state index in [9.17, 15) is 10.1 Å². The average Bonchev–Trinajstić information content (AvgIpc) is 3.12. The van der Waals surface area contributed by atoms with Gasteiger partial charge in [0, 0.05) is 37.0 Å². The van der Waals surface area contributed by atoms with Crippen LogP contribution in [0.3, 0.4) is 0 Å². The molecule has 4 aromatic rings. The maximum Gasteiger partial charge on any atom is 0.269 e. The third-order valence-electron chi connectivity index (χ3n) is 4.10. The second-order valence-electron chi connectivity index (χ2n) is 5.79. The van der Waals surface area contributed by atoms with E-state index >= 15 is 0 Å². The van der Waals surface area contributed by atoms with Gasteiger partial charge < -0.3 is 11.1 Å². The summed E-state index contributed by atoms with van der Waals surface area (Å²) in [6, 6.07) is 14.1. The quantitative estimate of drug-likeness (QED) is 0.424. The SMILES string of the molecule is NCCNc1nc2ccccc2n2cc(-c3ccc([N+](=O)[O-])cc3)nc12.